The van der Waals surface area contributed by atoms with Crippen molar-refractivity contribution >= 4 is 5.97 Å². The Kier molecular flexibility index (Phi) is 4.29. The molecule has 19 heavy (non-hydrogen) atoms. The average molecular weight is 258 g/mol. The Morgan fingerprint density at radius 1 is 1.11 bits per heavy atom. The topological polar surface area (TPSA) is 26.3 Å². The number of carbonyl (C=O) groups is 1. The monoisotopic (exact) mass is 258 g/mol. The van der Waals surface area contributed by atoms with Crippen LogP contribution in [0.5, 0.6) is 0 Å². The highest BCUT2D eigenvalue weighted by Crippen LogP contribution is 2.22. The van der Waals surface area contributed by atoms with E-state index in [1.165, 1.54) is 19.1 Å². The van der Waals surface area contributed by atoms with E-state index < -0.39 is 0 Å². The van der Waals surface area contributed by atoms with Crippen LogP contribution >= 0.6 is 0 Å². The van der Waals surface area contributed by atoms with E-state index in [-0.39, 0.29) is 17.9 Å². The van der Waals surface area contributed by atoms with E-state index >= 15 is 0 Å². The Balaban J connectivity index is 2.19. The molecule has 0 aliphatic heterocycles. The first-order valence-corrected chi connectivity index (χ1v) is 6.12. The number of ether oxygens (including phenoxy) is 1. The number of hydrogen-bond acceptors (Lipinski definition) is 2. The Labute approximate surface area is 111 Å². The minimum absolute atomic E-state index is 0.271. The smallest absolute Gasteiger partial charge is 0.303 e. The minimum atomic E-state index is -0.343. The van der Waals surface area contributed by atoms with Gasteiger partial charge in [0.15, 0.2) is 0 Å². The number of halogens is 1. The Morgan fingerprint density at radius 3 is 2.32 bits per heavy atom. The van der Waals surface area contributed by atoms with Crippen molar-refractivity contribution in [1.29, 1.82) is 0 Å². The Morgan fingerprint density at radius 2 is 1.74 bits per heavy atom. The SMILES string of the molecule is CC(=O)O[C@H](Cc1ccc(F)cc1)c1ccccc1. The summed E-state index contributed by atoms with van der Waals surface area (Å²) in [4.78, 5) is 11.2. The molecule has 2 nitrogen and oxygen atoms in total. The van der Waals surface area contributed by atoms with Crippen LogP contribution in [0.3, 0.4) is 0 Å². The van der Waals surface area contributed by atoms with Crippen molar-refractivity contribution in [3.8, 4) is 0 Å². The highest BCUT2D eigenvalue weighted by atomic mass is 19.1. The average Bonchev–Trinajstić information content (AvgIpc) is 2.41. The van der Waals surface area contributed by atoms with Crippen LogP contribution in [-0.4, -0.2) is 5.97 Å². The van der Waals surface area contributed by atoms with Gasteiger partial charge in [0.05, 0.1) is 0 Å². The molecule has 0 radical (unpaired) electrons. The van der Waals surface area contributed by atoms with Gasteiger partial charge in [-0.05, 0) is 23.3 Å². The zero-order valence-electron chi connectivity index (χ0n) is 10.7. The van der Waals surface area contributed by atoms with Gasteiger partial charge in [-0.2, -0.15) is 0 Å². The number of benzene rings is 2. The van der Waals surface area contributed by atoms with E-state index in [0.717, 1.165) is 11.1 Å². The third-order valence-electron chi connectivity index (χ3n) is 2.81. The normalized spacial score (nSPS) is 11.9. The minimum Gasteiger partial charge on any atom is -0.457 e. The molecule has 0 aromatic heterocycles. The molecule has 3 heteroatoms. The van der Waals surface area contributed by atoms with Crippen LogP contribution in [0.25, 0.3) is 0 Å². The van der Waals surface area contributed by atoms with Gasteiger partial charge in [-0.15, -0.1) is 0 Å². The summed E-state index contributed by atoms with van der Waals surface area (Å²) in [5.74, 6) is -0.594. The quantitative estimate of drug-likeness (QED) is 0.782. The summed E-state index contributed by atoms with van der Waals surface area (Å²) in [7, 11) is 0. The van der Waals surface area contributed by atoms with Gasteiger partial charge in [0.25, 0.3) is 0 Å². The lowest BCUT2D eigenvalue weighted by atomic mass is 10.0. The first-order chi connectivity index (χ1) is 9.15. The van der Waals surface area contributed by atoms with E-state index in [1.807, 2.05) is 30.3 Å². The summed E-state index contributed by atoms with van der Waals surface area (Å²) < 4.78 is 18.2. The highest BCUT2D eigenvalue weighted by Gasteiger charge is 2.15. The second kappa shape index (κ2) is 6.14. The summed E-state index contributed by atoms with van der Waals surface area (Å²) in [6.07, 6.45) is 0.188. The van der Waals surface area contributed by atoms with Crippen LogP contribution in [0, 0.1) is 5.82 Å². The molecule has 2 rings (SSSR count). The number of esters is 1. The highest BCUT2D eigenvalue weighted by molar-refractivity contribution is 5.66. The maximum Gasteiger partial charge on any atom is 0.303 e. The second-order valence-corrected chi connectivity index (χ2v) is 4.34. The fraction of sp³-hybridized carbons (Fsp3) is 0.188. The van der Waals surface area contributed by atoms with Crippen LogP contribution < -0.4 is 0 Å². The molecule has 0 aliphatic carbocycles. The van der Waals surface area contributed by atoms with E-state index in [4.69, 9.17) is 4.74 Å². The lowest BCUT2D eigenvalue weighted by Crippen LogP contribution is -2.11. The fourth-order valence-electron chi connectivity index (χ4n) is 1.93. The van der Waals surface area contributed by atoms with Gasteiger partial charge >= 0.3 is 5.97 Å². The number of carbonyl (C=O) groups excluding carboxylic acids is 1. The van der Waals surface area contributed by atoms with E-state index in [0.29, 0.717) is 6.42 Å². The van der Waals surface area contributed by atoms with Gasteiger partial charge in [-0.3, -0.25) is 4.79 Å². The molecule has 0 aliphatic rings. The van der Waals surface area contributed by atoms with Gasteiger partial charge in [0.2, 0.25) is 0 Å². The largest absolute Gasteiger partial charge is 0.457 e. The van der Waals surface area contributed by atoms with Crippen molar-refractivity contribution in [1.82, 2.24) is 0 Å². The molecular weight excluding hydrogens is 243 g/mol. The summed E-state index contributed by atoms with van der Waals surface area (Å²) in [6, 6.07) is 15.8. The predicted octanol–water partition coefficient (Wildman–Crippen LogP) is 3.67. The second-order valence-electron chi connectivity index (χ2n) is 4.34. The third-order valence-corrected chi connectivity index (χ3v) is 2.81. The van der Waals surface area contributed by atoms with Gasteiger partial charge in [0, 0.05) is 13.3 Å². The first kappa shape index (κ1) is 13.3. The molecule has 98 valence electrons. The van der Waals surface area contributed by atoms with Crippen LogP contribution in [0.15, 0.2) is 54.6 Å². The van der Waals surface area contributed by atoms with E-state index in [9.17, 15) is 9.18 Å². The van der Waals surface area contributed by atoms with Gasteiger partial charge in [-0.25, -0.2) is 4.39 Å². The van der Waals surface area contributed by atoms with E-state index in [2.05, 4.69) is 0 Å². The summed E-state index contributed by atoms with van der Waals surface area (Å²) in [5, 5.41) is 0. The lowest BCUT2D eigenvalue weighted by molar-refractivity contribution is -0.146. The summed E-state index contributed by atoms with van der Waals surface area (Å²) in [6.45, 7) is 1.39. The van der Waals surface area contributed by atoms with Crippen molar-refractivity contribution in [3.05, 3.63) is 71.5 Å². The van der Waals surface area contributed by atoms with Crippen molar-refractivity contribution in [2.24, 2.45) is 0 Å². The van der Waals surface area contributed by atoms with Crippen molar-refractivity contribution < 1.29 is 13.9 Å². The summed E-state index contributed by atoms with van der Waals surface area (Å²) in [5.41, 5.74) is 1.86. The molecule has 0 saturated carbocycles. The van der Waals surface area contributed by atoms with Crippen LogP contribution in [-0.2, 0) is 16.0 Å². The van der Waals surface area contributed by atoms with Gasteiger partial charge in [0.1, 0.15) is 11.9 Å². The zero-order valence-corrected chi connectivity index (χ0v) is 10.7. The first-order valence-electron chi connectivity index (χ1n) is 6.12. The fourth-order valence-corrected chi connectivity index (χ4v) is 1.93. The lowest BCUT2D eigenvalue weighted by Gasteiger charge is -2.17. The molecule has 0 spiro atoms. The van der Waals surface area contributed by atoms with E-state index in [1.54, 1.807) is 12.1 Å². The molecule has 0 heterocycles. The molecule has 0 saturated heterocycles. The molecule has 0 bridgehead atoms. The molecule has 0 amide bonds. The van der Waals surface area contributed by atoms with Crippen LogP contribution in [0.1, 0.15) is 24.2 Å². The van der Waals surface area contributed by atoms with Crippen molar-refractivity contribution in [2.45, 2.75) is 19.4 Å². The van der Waals surface area contributed by atoms with Crippen LogP contribution in [0.4, 0.5) is 4.39 Å². The molecule has 0 unspecified atom stereocenters. The number of hydrogen-bond donors (Lipinski definition) is 0. The zero-order chi connectivity index (χ0) is 13.7. The number of rotatable bonds is 4. The maximum atomic E-state index is 12.9. The molecular formula is C16H15FO2. The van der Waals surface area contributed by atoms with Gasteiger partial charge in [-0.1, -0.05) is 42.5 Å². The van der Waals surface area contributed by atoms with Gasteiger partial charge < -0.3 is 4.74 Å². The standard InChI is InChI=1S/C16H15FO2/c1-12(18)19-16(14-5-3-2-4-6-14)11-13-7-9-15(17)10-8-13/h2-10,16H,11H2,1H3/t16-/m1/s1. The maximum absolute atomic E-state index is 12.9. The van der Waals surface area contributed by atoms with Crippen LogP contribution in [0.2, 0.25) is 0 Å². The Bertz CT molecular complexity index is 534. The molecule has 2 aromatic rings. The molecule has 0 fully saturated rings. The van der Waals surface area contributed by atoms with Crippen molar-refractivity contribution in [3.63, 3.8) is 0 Å². The Hall–Kier alpha value is -2.16. The third kappa shape index (κ3) is 3.91. The molecule has 0 N–H and O–H groups in total. The van der Waals surface area contributed by atoms with Crippen molar-refractivity contribution in [2.75, 3.05) is 0 Å². The summed E-state index contributed by atoms with van der Waals surface area (Å²) >= 11 is 0. The molecule has 2 aromatic carbocycles. The molecule has 1 atom stereocenters. The predicted molar refractivity (Wildman–Crippen MR) is 71.1 cm³/mol.